The number of benzene rings is 1. The van der Waals surface area contributed by atoms with Crippen LogP contribution in [0.25, 0.3) is 0 Å². The van der Waals surface area contributed by atoms with Crippen molar-refractivity contribution in [1.82, 2.24) is 9.88 Å². The Labute approximate surface area is 120 Å². The quantitative estimate of drug-likeness (QED) is 0.846. The molecule has 1 fully saturated rings. The van der Waals surface area contributed by atoms with E-state index < -0.39 is 0 Å². The maximum atomic E-state index is 5.44. The molecule has 2 aromatic rings. The fourth-order valence-electron chi connectivity index (χ4n) is 3.11. The van der Waals surface area contributed by atoms with Crippen LogP contribution in [0, 0.1) is 6.92 Å². The molecule has 1 atom stereocenters. The second kappa shape index (κ2) is 5.80. The van der Waals surface area contributed by atoms with E-state index in [-0.39, 0.29) is 0 Å². The van der Waals surface area contributed by atoms with Crippen LogP contribution in [-0.4, -0.2) is 23.0 Å². The Bertz CT molecular complexity index is 542. The van der Waals surface area contributed by atoms with Crippen LogP contribution >= 0.6 is 0 Å². The largest absolute Gasteiger partial charge is 0.449 e. The molecule has 0 bridgehead atoms. The van der Waals surface area contributed by atoms with Crippen LogP contribution in [0.15, 0.2) is 41.1 Å². The predicted molar refractivity (Wildman–Crippen MR) is 79.6 cm³/mol. The predicted octanol–water partition coefficient (Wildman–Crippen LogP) is 3.92. The highest BCUT2D eigenvalue weighted by Crippen LogP contribution is 2.31. The highest BCUT2D eigenvalue weighted by molar-refractivity contribution is 5.24. The number of nitrogens with zero attached hydrogens (tertiary/aromatic N) is 2. The maximum Gasteiger partial charge on any atom is 0.197 e. The number of oxazole rings is 1. The first-order chi connectivity index (χ1) is 9.74. The van der Waals surface area contributed by atoms with Crippen molar-refractivity contribution in [3.63, 3.8) is 0 Å². The molecular weight excluding hydrogens is 248 g/mol. The van der Waals surface area contributed by atoms with Crippen molar-refractivity contribution >= 4 is 0 Å². The summed E-state index contributed by atoms with van der Waals surface area (Å²) in [7, 11) is 0. The summed E-state index contributed by atoms with van der Waals surface area (Å²) in [5.74, 6) is 1.40. The van der Waals surface area contributed by atoms with Gasteiger partial charge in [0.25, 0.3) is 0 Å². The number of hydrogen-bond donors (Lipinski definition) is 0. The molecule has 0 radical (unpaired) electrons. The summed E-state index contributed by atoms with van der Waals surface area (Å²) in [6.45, 7) is 6.69. The number of rotatable bonds is 3. The van der Waals surface area contributed by atoms with Gasteiger partial charge in [0.15, 0.2) is 5.89 Å². The molecule has 2 heterocycles. The van der Waals surface area contributed by atoms with Gasteiger partial charge in [0, 0.05) is 12.0 Å². The van der Waals surface area contributed by atoms with E-state index in [1.165, 1.54) is 11.1 Å². The van der Waals surface area contributed by atoms with Crippen molar-refractivity contribution in [2.24, 2.45) is 0 Å². The number of likely N-dealkylation sites (tertiary alicyclic amines) is 1. The van der Waals surface area contributed by atoms with E-state index in [2.05, 4.69) is 48.0 Å². The maximum absolute atomic E-state index is 5.44. The van der Waals surface area contributed by atoms with Gasteiger partial charge in [0.05, 0.1) is 6.20 Å². The number of aromatic nitrogens is 1. The van der Waals surface area contributed by atoms with Gasteiger partial charge in [-0.2, -0.15) is 0 Å². The molecular formula is C17H22N2O. The minimum Gasteiger partial charge on any atom is -0.449 e. The molecule has 1 saturated heterocycles. The molecule has 3 heteroatoms. The van der Waals surface area contributed by atoms with Crippen LogP contribution in [0.1, 0.15) is 48.7 Å². The average Bonchev–Trinajstić information content (AvgIpc) is 3.01. The zero-order valence-corrected chi connectivity index (χ0v) is 12.2. The monoisotopic (exact) mass is 270 g/mol. The lowest BCUT2D eigenvalue weighted by Gasteiger charge is -2.35. The normalized spacial score (nSPS) is 19.1. The van der Waals surface area contributed by atoms with Crippen LogP contribution < -0.4 is 0 Å². The van der Waals surface area contributed by atoms with E-state index in [0.29, 0.717) is 12.0 Å². The van der Waals surface area contributed by atoms with Crippen LogP contribution in [0.5, 0.6) is 0 Å². The van der Waals surface area contributed by atoms with Gasteiger partial charge in [-0.1, -0.05) is 29.8 Å². The summed E-state index contributed by atoms with van der Waals surface area (Å²) in [4.78, 5) is 6.86. The van der Waals surface area contributed by atoms with E-state index in [1.54, 1.807) is 12.5 Å². The Morgan fingerprint density at radius 1 is 1.30 bits per heavy atom. The highest BCUT2D eigenvalue weighted by Gasteiger charge is 2.26. The first kappa shape index (κ1) is 13.4. The minimum absolute atomic E-state index is 0.486. The van der Waals surface area contributed by atoms with Gasteiger partial charge in [0.1, 0.15) is 6.26 Å². The molecule has 3 nitrogen and oxygen atoms in total. The Kier molecular flexibility index (Phi) is 3.88. The molecule has 0 amide bonds. The van der Waals surface area contributed by atoms with E-state index in [4.69, 9.17) is 4.42 Å². The lowest BCUT2D eigenvalue weighted by Crippen LogP contribution is -2.35. The van der Waals surface area contributed by atoms with Crippen LogP contribution in [0.4, 0.5) is 0 Å². The van der Waals surface area contributed by atoms with Crippen molar-refractivity contribution in [3.05, 3.63) is 53.7 Å². The molecule has 3 rings (SSSR count). The van der Waals surface area contributed by atoms with Crippen molar-refractivity contribution in [2.45, 2.75) is 38.6 Å². The van der Waals surface area contributed by atoms with Gasteiger partial charge < -0.3 is 4.42 Å². The summed E-state index contributed by atoms with van der Waals surface area (Å²) in [5, 5.41) is 0. The van der Waals surface area contributed by atoms with E-state index >= 15 is 0 Å². The van der Waals surface area contributed by atoms with Crippen LogP contribution in [0.2, 0.25) is 0 Å². The molecule has 1 unspecified atom stereocenters. The molecule has 1 aliphatic heterocycles. The first-order valence-electron chi connectivity index (χ1n) is 7.44. The van der Waals surface area contributed by atoms with Gasteiger partial charge in [0.2, 0.25) is 0 Å². The third kappa shape index (κ3) is 2.78. The number of hydrogen-bond acceptors (Lipinski definition) is 3. The molecule has 1 aliphatic rings. The lowest BCUT2D eigenvalue weighted by molar-refractivity contribution is 0.154. The van der Waals surface area contributed by atoms with Crippen molar-refractivity contribution in [1.29, 1.82) is 0 Å². The number of piperidine rings is 1. The Morgan fingerprint density at radius 2 is 2.10 bits per heavy atom. The van der Waals surface area contributed by atoms with Gasteiger partial charge >= 0.3 is 0 Å². The SMILES string of the molecule is Cc1cccc(C(C)N2CCC(c3ncco3)CC2)c1. The molecule has 1 aromatic carbocycles. The fraction of sp³-hybridized carbons (Fsp3) is 0.471. The smallest absolute Gasteiger partial charge is 0.197 e. The van der Waals surface area contributed by atoms with Gasteiger partial charge in [-0.3, -0.25) is 4.90 Å². The molecule has 0 spiro atoms. The van der Waals surface area contributed by atoms with E-state index in [0.717, 1.165) is 31.8 Å². The summed E-state index contributed by atoms with van der Waals surface area (Å²) in [6, 6.07) is 9.33. The lowest BCUT2D eigenvalue weighted by atomic mass is 9.94. The van der Waals surface area contributed by atoms with E-state index in [9.17, 15) is 0 Å². The molecule has 0 N–H and O–H groups in total. The molecule has 0 aliphatic carbocycles. The topological polar surface area (TPSA) is 29.3 Å². The van der Waals surface area contributed by atoms with Gasteiger partial charge in [-0.25, -0.2) is 4.98 Å². The zero-order valence-electron chi connectivity index (χ0n) is 12.2. The zero-order chi connectivity index (χ0) is 13.9. The van der Waals surface area contributed by atoms with Crippen molar-refractivity contribution in [3.8, 4) is 0 Å². The second-order valence-electron chi connectivity index (χ2n) is 5.77. The van der Waals surface area contributed by atoms with Crippen molar-refractivity contribution in [2.75, 3.05) is 13.1 Å². The summed E-state index contributed by atoms with van der Waals surface area (Å²) in [6.07, 6.45) is 5.70. The molecule has 106 valence electrons. The second-order valence-corrected chi connectivity index (χ2v) is 5.77. The third-order valence-corrected chi connectivity index (χ3v) is 4.40. The molecule has 0 saturated carbocycles. The van der Waals surface area contributed by atoms with Crippen LogP contribution in [0.3, 0.4) is 0 Å². The molecule has 1 aromatic heterocycles. The minimum atomic E-state index is 0.486. The van der Waals surface area contributed by atoms with Gasteiger partial charge in [-0.05, 0) is 45.3 Å². The van der Waals surface area contributed by atoms with E-state index in [1.807, 2.05) is 0 Å². The standard InChI is InChI=1S/C17H22N2O/c1-13-4-3-5-16(12-13)14(2)19-9-6-15(7-10-19)17-18-8-11-20-17/h3-5,8,11-12,14-15H,6-7,9-10H2,1-2H3. The summed E-state index contributed by atoms with van der Waals surface area (Å²) in [5.41, 5.74) is 2.75. The third-order valence-electron chi connectivity index (χ3n) is 4.40. The fourth-order valence-corrected chi connectivity index (χ4v) is 3.11. The van der Waals surface area contributed by atoms with Gasteiger partial charge in [-0.15, -0.1) is 0 Å². The Morgan fingerprint density at radius 3 is 2.75 bits per heavy atom. The van der Waals surface area contributed by atoms with Crippen molar-refractivity contribution < 1.29 is 4.42 Å². The Hall–Kier alpha value is -1.61. The summed E-state index contributed by atoms with van der Waals surface area (Å²) < 4.78 is 5.44. The molecule has 20 heavy (non-hydrogen) atoms. The number of aryl methyl sites for hydroxylation is 1. The average molecular weight is 270 g/mol. The highest BCUT2D eigenvalue weighted by atomic mass is 16.3. The Balaban J connectivity index is 1.63. The first-order valence-corrected chi connectivity index (χ1v) is 7.44. The summed E-state index contributed by atoms with van der Waals surface area (Å²) >= 11 is 0. The van der Waals surface area contributed by atoms with Crippen LogP contribution in [-0.2, 0) is 0 Å².